The van der Waals surface area contributed by atoms with Gasteiger partial charge in [0.05, 0.1) is 0 Å². The highest BCUT2D eigenvalue weighted by atomic mass is 16.1. The summed E-state index contributed by atoms with van der Waals surface area (Å²) in [6.07, 6.45) is 2.96. The van der Waals surface area contributed by atoms with E-state index in [0.29, 0.717) is 0 Å². The van der Waals surface area contributed by atoms with Crippen LogP contribution in [0.25, 0.3) is 0 Å². The van der Waals surface area contributed by atoms with E-state index in [4.69, 9.17) is 4.79 Å². The van der Waals surface area contributed by atoms with Gasteiger partial charge < -0.3 is 0 Å². The summed E-state index contributed by atoms with van der Waals surface area (Å²) in [6, 6.07) is 0. The first-order chi connectivity index (χ1) is 2.91. The van der Waals surface area contributed by atoms with E-state index < -0.39 is 0 Å². The molecule has 0 atom stereocenters. The Labute approximate surface area is 38.7 Å². The summed E-state index contributed by atoms with van der Waals surface area (Å²) in [6.45, 7) is 10.0. The molecule has 0 saturated heterocycles. The normalized spacial score (nSPS) is 4.83. The first kappa shape index (κ1) is 9.05. The van der Waals surface area contributed by atoms with E-state index in [1.165, 1.54) is 0 Å². The summed E-state index contributed by atoms with van der Waals surface area (Å²) < 4.78 is 0. The van der Waals surface area contributed by atoms with E-state index in [-0.39, 0.29) is 0 Å². The zero-order valence-electron chi connectivity index (χ0n) is 3.90. The van der Waals surface area contributed by atoms with Crippen molar-refractivity contribution in [3.63, 3.8) is 0 Å². The van der Waals surface area contributed by atoms with Crippen LogP contribution in [0.2, 0.25) is 0 Å². The van der Waals surface area contributed by atoms with Crippen molar-refractivity contribution in [1.29, 1.82) is 0 Å². The lowest BCUT2D eigenvalue weighted by atomic mass is 10.5. The number of hydrogen-bond donors (Lipinski definition) is 0. The SMILES string of the molecule is C=CCC.[C]=O. The maximum absolute atomic E-state index is 7.50. The summed E-state index contributed by atoms with van der Waals surface area (Å²) in [4.78, 5) is 7.50. The number of allylic oxidation sites excluding steroid dienone is 1. The van der Waals surface area contributed by atoms with E-state index >= 15 is 0 Å². The van der Waals surface area contributed by atoms with Crippen molar-refractivity contribution in [2.75, 3.05) is 0 Å². The van der Waals surface area contributed by atoms with Gasteiger partial charge in [-0.1, -0.05) is 13.0 Å². The Morgan fingerprint density at radius 3 is 2.00 bits per heavy atom. The molecular formula is C5H8O. The number of hydrogen-bond acceptors (Lipinski definition) is 1. The van der Waals surface area contributed by atoms with E-state index in [1.807, 2.05) is 6.08 Å². The minimum absolute atomic E-state index is 1.08. The quantitative estimate of drug-likeness (QED) is 0.436. The molecule has 0 saturated carbocycles. The number of rotatable bonds is 1. The van der Waals surface area contributed by atoms with Gasteiger partial charge in [0.25, 0.3) is 6.79 Å². The van der Waals surface area contributed by atoms with Gasteiger partial charge in [-0.3, -0.25) is 4.79 Å². The predicted octanol–water partition coefficient (Wildman–Crippen LogP) is 1.19. The second-order valence-corrected chi connectivity index (χ2v) is 0.697. The van der Waals surface area contributed by atoms with Crippen molar-refractivity contribution < 1.29 is 4.79 Å². The first-order valence-corrected chi connectivity index (χ1v) is 1.73. The molecule has 1 heteroatoms. The van der Waals surface area contributed by atoms with Crippen LogP contribution in [0.1, 0.15) is 13.3 Å². The fraction of sp³-hybridized carbons (Fsp3) is 0.400. The smallest absolute Gasteiger partial charge is 0.281 e. The molecule has 1 nitrogen and oxygen atoms in total. The molecule has 34 valence electrons. The van der Waals surface area contributed by atoms with Crippen LogP contribution >= 0.6 is 0 Å². The van der Waals surface area contributed by atoms with Gasteiger partial charge in [-0.05, 0) is 6.42 Å². The summed E-state index contributed by atoms with van der Waals surface area (Å²) in [5, 5.41) is 0. The van der Waals surface area contributed by atoms with Crippen LogP contribution in [0.4, 0.5) is 0 Å². The van der Waals surface area contributed by atoms with Gasteiger partial charge >= 0.3 is 0 Å². The average Bonchev–Trinajstić information content (AvgIpc) is 1.72. The monoisotopic (exact) mass is 84.1 g/mol. The van der Waals surface area contributed by atoms with Gasteiger partial charge in [0.2, 0.25) is 0 Å². The Balaban J connectivity index is 0. The third-order valence-corrected chi connectivity index (χ3v) is 0.289. The molecule has 2 radical (unpaired) electrons. The summed E-state index contributed by atoms with van der Waals surface area (Å²) in [5.41, 5.74) is 0. The Bertz CT molecular complexity index is 25.1. The lowest BCUT2D eigenvalue weighted by molar-refractivity contribution is 0.574. The molecule has 6 heavy (non-hydrogen) atoms. The molecule has 0 rings (SSSR count). The van der Waals surface area contributed by atoms with Crippen molar-refractivity contribution in [3.05, 3.63) is 12.7 Å². The van der Waals surface area contributed by atoms with Gasteiger partial charge in [0, 0.05) is 0 Å². The highest BCUT2D eigenvalue weighted by Gasteiger charge is 1.45. The molecule has 0 aliphatic heterocycles. The lowest BCUT2D eigenvalue weighted by Crippen LogP contribution is -1.36. The molecule has 0 spiro atoms. The van der Waals surface area contributed by atoms with Crippen molar-refractivity contribution in [2.24, 2.45) is 0 Å². The topological polar surface area (TPSA) is 17.1 Å². The van der Waals surface area contributed by atoms with Crippen LogP contribution in [0.15, 0.2) is 12.7 Å². The van der Waals surface area contributed by atoms with Crippen molar-refractivity contribution in [1.82, 2.24) is 0 Å². The average molecular weight is 84.1 g/mol. The van der Waals surface area contributed by atoms with Crippen LogP contribution in [0, 0.1) is 0 Å². The second-order valence-electron chi connectivity index (χ2n) is 0.697. The first-order valence-electron chi connectivity index (χ1n) is 1.73. The molecule has 0 unspecified atom stereocenters. The van der Waals surface area contributed by atoms with E-state index in [2.05, 4.69) is 20.3 Å². The Morgan fingerprint density at radius 1 is 1.83 bits per heavy atom. The minimum Gasteiger partial charge on any atom is -0.281 e. The van der Waals surface area contributed by atoms with Gasteiger partial charge in [-0.15, -0.1) is 6.58 Å². The van der Waals surface area contributed by atoms with Gasteiger partial charge in [0.1, 0.15) is 0 Å². The van der Waals surface area contributed by atoms with Crippen LogP contribution in [-0.2, 0) is 4.79 Å². The third-order valence-electron chi connectivity index (χ3n) is 0.289. The Kier molecular flexibility index (Phi) is 38.9. The highest BCUT2D eigenvalue weighted by molar-refractivity contribution is 5.12. The molecule has 0 aromatic carbocycles. The lowest BCUT2D eigenvalue weighted by Gasteiger charge is -1.57. The predicted molar refractivity (Wildman–Crippen MR) is 26.2 cm³/mol. The van der Waals surface area contributed by atoms with Gasteiger partial charge in [0.15, 0.2) is 0 Å². The maximum Gasteiger partial charge on any atom is 0.281 e. The second kappa shape index (κ2) is 25.8. The molecule has 0 bridgehead atoms. The van der Waals surface area contributed by atoms with Crippen LogP contribution in [-0.4, -0.2) is 6.79 Å². The molecule has 0 aliphatic rings. The molecule has 0 aromatic rings. The fourth-order valence-electron chi connectivity index (χ4n) is 0. The molecule has 0 fully saturated rings. The molecular weight excluding hydrogens is 76.1 g/mol. The van der Waals surface area contributed by atoms with Crippen LogP contribution in [0.5, 0.6) is 0 Å². The van der Waals surface area contributed by atoms with Crippen molar-refractivity contribution >= 4 is 6.79 Å². The Morgan fingerprint density at radius 2 is 2.00 bits per heavy atom. The van der Waals surface area contributed by atoms with Crippen LogP contribution in [0.3, 0.4) is 0 Å². The van der Waals surface area contributed by atoms with Crippen molar-refractivity contribution in [3.8, 4) is 0 Å². The van der Waals surface area contributed by atoms with E-state index in [1.54, 1.807) is 0 Å². The largest absolute Gasteiger partial charge is 0.281 e. The zero-order valence-corrected chi connectivity index (χ0v) is 3.90. The highest BCUT2D eigenvalue weighted by Crippen LogP contribution is 1.66. The third kappa shape index (κ3) is 118. The minimum atomic E-state index is 1.08. The summed E-state index contributed by atoms with van der Waals surface area (Å²) in [5.74, 6) is 0. The summed E-state index contributed by atoms with van der Waals surface area (Å²) >= 11 is 0. The standard InChI is InChI=1S/C4H8.CO/c1-3-4-2;1-2/h3H,1,4H2,2H3;. The van der Waals surface area contributed by atoms with Crippen LogP contribution < -0.4 is 0 Å². The molecule has 0 amide bonds. The number of carbonyl (C=O) groups excluding carboxylic acids is 1. The van der Waals surface area contributed by atoms with Gasteiger partial charge in [-0.2, -0.15) is 0 Å². The maximum atomic E-state index is 7.50. The summed E-state index contributed by atoms with van der Waals surface area (Å²) in [7, 11) is 0. The van der Waals surface area contributed by atoms with E-state index in [0.717, 1.165) is 6.42 Å². The van der Waals surface area contributed by atoms with Gasteiger partial charge in [-0.25, -0.2) is 0 Å². The van der Waals surface area contributed by atoms with E-state index in [9.17, 15) is 0 Å². The zero-order chi connectivity index (χ0) is 5.41. The molecule has 0 aliphatic carbocycles. The Hall–Kier alpha value is -0.590. The molecule has 0 N–H and O–H groups in total. The molecule has 0 aromatic heterocycles. The van der Waals surface area contributed by atoms with Crippen molar-refractivity contribution in [2.45, 2.75) is 13.3 Å². The fourth-order valence-corrected chi connectivity index (χ4v) is 0. The molecule has 0 heterocycles.